The minimum Gasteiger partial charge on any atom is -0.324 e. The molecular weight excluding hydrogens is 326 g/mol. The molecule has 1 aromatic heterocycles. The normalized spacial score (nSPS) is 11.8. The van der Waals surface area contributed by atoms with Crippen molar-refractivity contribution in [1.82, 2.24) is 9.78 Å². The summed E-state index contributed by atoms with van der Waals surface area (Å²) in [6, 6.07) is 19.6. The van der Waals surface area contributed by atoms with Crippen LogP contribution in [0, 0.1) is 6.92 Å². The van der Waals surface area contributed by atoms with Crippen molar-refractivity contribution in [3.8, 4) is 11.3 Å². The van der Waals surface area contributed by atoms with E-state index in [4.69, 9.17) is 0 Å². The van der Waals surface area contributed by atoms with Crippen molar-refractivity contribution < 1.29 is 4.79 Å². The number of hydrogen-bond acceptors (Lipinski definition) is 3. The van der Waals surface area contributed by atoms with Gasteiger partial charge in [-0.05, 0) is 37.1 Å². The standard InChI is InChI=1S/C21H21N3O2/c1-3-19(21(26)22-17-11-7-8-15(2)14-17)24-20(25)13-12-18(23-24)16-9-5-4-6-10-16/h4-14,19H,3H2,1-2H3,(H,22,26)/t19-/m1/s1. The van der Waals surface area contributed by atoms with Crippen molar-refractivity contribution in [2.75, 3.05) is 5.32 Å². The predicted octanol–water partition coefficient (Wildman–Crippen LogP) is 3.81. The van der Waals surface area contributed by atoms with E-state index in [-0.39, 0.29) is 11.5 Å². The molecule has 5 heteroatoms. The van der Waals surface area contributed by atoms with Crippen LogP contribution in [-0.4, -0.2) is 15.7 Å². The highest BCUT2D eigenvalue weighted by atomic mass is 16.2. The quantitative estimate of drug-likeness (QED) is 0.763. The van der Waals surface area contributed by atoms with Gasteiger partial charge in [-0.2, -0.15) is 5.10 Å². The number of aryl methyl sites for hydroxylation is 1. The van der Waals surface area contributed by atoms with E-state index in [1.807, 2.05) is 68.4 Å². The van der Waals surface area contributed by atoms with Crippen LogP contribution in [0.2, 0.25) is 0 Å². The molecule has 0 radical (unpaired) electrons. The molecule has 0 spiro atoms. The zero-order chi connectivity index (χ0) is 18.5. The van der Waals surface area contributed by atoms with E-state index in [9.17, 15) is 9.59 Å². The molecule has 3 aromatic rings. The highest BCUT2D eigenvalue weighted by molar-refractivity contribution is 5.93. The lowest BCUT2D eigenvalue weighted by Crippen LogP contribution is -2.34. The monoisotopic (exact) mass is 347 g/mol. The van der Waals surface area contributed by atoms with Crippen molar-refractivity contribution >= 4 is 11.6 Å². The molecule has 3 rings (SSSR count). The minimum absolute atomic E-state index is 0.252. The molecule has 0 unspecified atom stereocenters. The Morgan fingerprint density at radius 2 is 1.85 bits per heavy atom. The largest absolute Gasteiger partial charge is 0.324 e. The zero-order valence-corrected chi connectivity index (χ0v) is 14.8. The second-order valence-electron chi connectivity index (χ2n) is 6.15. The molecule has 1 amide bonds. The lowest BCUT2D eigenvalue weighted by atomic mass is 10.1. The van der Waals surface area contributed by atoms with Crippen molar-refractivity contribution in [1.29, 1.82) is 0 Å². The Labute approximate surface area is 152 Å². The van der Waals surface area contributed by atoms with E-state index < -0.39 is 6.04 Å². The number of hydrogen-bond donors (Lipinski definition) is 1. The van der Waals surface area contributed by atoms with Gasteiger partial charge in [-0.15, -0.1) is 0 Å². The van der Waals surface area contributed by atoms with E-state index in [2.05, 4.69) is 10.4 Å². The highest BCUT2D eigenvalue weighted by Gasteiger charge is 2.21. The van der Waals surface area contributed by atoms with Crippen LogP contribution in [0.3, 0.4) is 0 Å². The summed E-state index contributed by atoms with van der Waals surface area (Å²) >= 11 is 0. The number of aromatic nitrogens is 2. The molecule has 0 saturated heterocycles. The fourth-order valence-corrected chi connectivity index (χ4v) is 2.83. The van der Waals surface area contributed by atoms with Crippen molar-refractivity contribution in [3.05, 3.63) is 82.6 Å². The molecule has 132 valence electrons. The molecule has 0 bridgehead atoms. The van der Waals surface area contributed by atoms with Gasteiger partial charge in [0, 0.05) is 17.3 Å². The van der Waals surface area contributed by atoms with Crippen LogP contribution >= 0.6 is 0 Å². The van der Waals surface area contributed by atoms with Gasteiger partial charge in [-0.3, -0.25) is 9.59 Å². The van der Waals surface area contributed by atoms with Crippen LogP contribution in [0.15, 0.2) is 71.5 Å². The van der Waals surface area contributed by atoms with Gasteiger partial charge in [0.2, 0.25) is 5.91 Å². The summed E-state index contributed by atoms with van der Waals surface area (Å²) in [5.74, 6) is -0.252. The van der Waals surface area contributed by atoms with Gasteiger partial charge in [0.1, 0.15) is 6.04 Å². The molecule has 1 heterocycles. The molecule has 0 saturated carbocycles. The molecule has 26 heavy (non-hydrogen) atoms. The average Bonchev–Trinajstić information content (AvgIpc) is 2.64. The van der Waals surface area contributed by atoms with Gasteiger partial charge in [-0.1, -0.05) is 49.4 Å². The van der Waals surface area contributed by atoms with Gasteiger partial charge in [0.25, 0.3) is 5.56 Å². The summed E-state index contributed by atoms with van der Waals surface area (Å²) in [4.78, 5) is 25.1. The predicted molar refractivity (Wildman–Crippen MR) is 103 cm³/mol. The summed E-state index contributed by atoms with van der Waals surface area (Å²) < 4.78 is 1.27. The van der Waals surface area contributed by atoms with Crippen molar-refractivity contribution in [2.24, 2.45) is 0 Å². The third-order valence-electron chi connectivity index (χ3n) is 4.16. The van der Waals surface area contributed by atoms with Crippen LogP contribution < -0.4 is 10.9 Å². The summed E-state index contributed by atoms with van der Waals surface area (Å²) in [5, 5.41) is 7.32. The topological polar surface area (TPSA) is 64.0 Å². The maximum atomic E-state index is 12.7. The molecule has 1 N–H and O–H groups in total. The van der Waals surface area contributed by atoms with Crippen LogP contribution in [0.25, 0.3) is 11.3 Å². The highest BCUT2D eigenvalue weighted by Crippen LogP contribution is 2.18. The minimum atomic E-state index is -0.674. The van der Waals surface area contributed by atoms with Gasteiger partial charge in [0.05, 0.1) is 5.69 Å². The third kappa shape index (κ3) is 3.88. The van der Waals surface area contributed by atoms with E-state index in [0.717, 1.165) is 11.1 Å². The van der Waals surface area contributed by atoms with E-state index >= 15 is 0 Å². The third-order valence-corrected chi connectivity index (χ3v) is 4.16. The fraction of sp³-hybridized carbons (Fsp3) is 0.190. The number of nitrogens with one attached hydrogen (secondary N) is 1. The van der Waals surface area contributed by atoms with Gasteiger partial charge in [-0.25, -0.2) is 4.68 Å². The van der Waals surface area contributed by atoms with Gasteiger partial charge >= 0.3 is 0 Å². The first-order valence-electron chi connectivity index (χ1n) is 8.61. The van der Waals surface area contributed by atoms with Crippen LogP contribution in [0.5, 0.6) is 0 Å². The number of carbonyl (C=O) groups is 1. The number of anilines is 1. The van der Waals surface area contributed by atoms with Crippen LogP contribution in [-0.2, 0) is 4.79 Å². The summed E-state index contributed by atoms with van der Waals surface area (Å²) in [6.45, 7) is 3.83. The number of nitrogens with zero attached hydrogens (tertiary/aromatic N) is 2. The molecule has 0 aliphatic heterocycles. The molecule has 2 aromatic carbocycles. The number of rotatable bonds is 5. The van der Waals surface area contributed by atoms with Crippen molar-refractivity contribution in [3.63, 3.8) is 0 Å². The first kappa shape index (κ1) is 17.6. The second kappa shape index (κ2) is 7.78. The Morgan fingerprint density at radius 3 is 2.54 bits per heavy atom. The van der Waals surface area contributed by atoms with Crippen LogP contribution in [0.4, 0.5) is 5.69 Å². The van der Waals surface area contributed by atoms with Gasteiger partial charge in [0.15, 0.2) is 0 Å². The SMILES string of the molecule is CC[C@H](C(=O)Nc1cccc(C)c1)n1nc(-c2ccccc2)ccc1=O. The smallest absolute Gasteiger partial charge is 0.267 e. The Balaban J connectivity index is 1.92. The first-order chi connectivity index (χ1) is 12.6. The molecule has 0 aliphatic rings. The van der Waals surface area contributed by atoms with E-state index in [1.54, 1.807) is 6.07 Å². The molecule has 0 aliphatic carbocycles. The maximum Gasteiger partial charge on any atom is 0.267 e. The number of carbonyl (C=O) groups excluding carboxylic acids is 1. The van der Waals surface area contributed by atoms with Crippen molar-refractivity contribution in [2.45, 2.75) is 26.3 Å². The lowest BCUT2D eigenvalue weighted by Gasteiger charge is -2.17. The number of amides is 1. The summed E-state index contributed by atoms with van der Waals surface area (Å²) in [7, 11) is 0. The average molecular weight is 347 g/mol. The second-order valence-corrected chi connectivity index (χ2v) is 6.15. The Morgan fingerprint density at radius 1 is 1.08 bits per heavy atom. The molecule has 1 atom stereocenters. The Hall–Kier alpha value is -3.21. The first-order valence-corrected chi connectivity index (χ1v) is 8.61. The fourth-order valence-electron chi connectivity index (χ4n) is 2.83. The summed E-state index contributed by atoms with van der Waals surface area (Å²) in [6.07, 6.45) is 0.461. The van der Waals surface area contributed by atoms with E-state index in [1.165, 1.54) is 10.7 Å². The maximum absolute atomic E-state index is 12.7. The van der Waals surface area contributed by atoms with E-state index in [0.29, 0.717) is 17.8 Å². The molecular formula is C21H21N3O2. The van der Waals surface area contributed by atoms with Gasteiger partial charge < -0.3 is 5.32 Å². The Bertz CT molecular complexity index is 964. The molecule has 5 nitrogen and oxygen atoms in total. The zero-order valence-electron chi connectivity index (χ0n) is 14.8. The lowest BCUT2D eigenvalue weighted by molar-refractivity contribution is -0.119. The summed E-state index contributed by atoms with van der Waals surface area (Å²) in [5.41, 5.74) is 3.02. The number of benzene rings is 2. The molecule has 0 fully saturated rings. The Kier molecular flexibility index (Phi) is 5.27. The van der Waals surface area contributed by atoms with Crippen LogP contribution in [0.1, 0.15) is 24.9 Å².